The largest absolute Gasteiger partial charge is 0.352 e. The zero-order chi connectivity index (χ0) is 17.6. The third kappa shape index (κ3) is 4.77. The summed E-state index contributed by atoms with van der Waals surface area (Å²) in [4.78, 5) is 21.2. The maximum atomic E-state index is 12.2. The molecule has 0 radical (unpaired) electrons. The van der Waals surface area contributed by atoms with Crippen LogP contribution in [0.4, 0.5) is 0 Å². The van der Waals surface area contributed by atoms with Gasteiger partial charge in [-0.2, -0.15) is 5.26 Å². The Balaban J connectivity index is 1.40. The smallest absolute Gasteiger partial charge is 0.252 e. The van der Waals surface area contributed by atoms with E-state index >= 15 is 0 Å². The van der Waals surface area contributed by atoms with Gasteiger partial charge in [0.2, 0.25) is 0 Å². The van der Waals surface area contributed by atoms with Gasteiger partial charge in [0, 0.05) is 18.8 Å². The van der Waals surface area contributed by atoms with E-state index in [9.17, 15) is 4.79 Å². The Bertz CT molecular complexity index is 608. The highest BCUT2D eigenvalue weighted by Gasteiger charge is 2.27. The van der Waals surface area contributed by atoms with E-state index in [0.29, 0.717) is 17.2 Å². The Morgan fingerprint density at radius 1 is 1.24 bits per heavy atom. The van der Waals surface area contributed by atoms with Gasteiger partial charge in [-0.1, -0.05) is 0 Å². The van der Waals surface area contributed by atoms with E-state index in [2.05, 4.69) is 27.1 Å². The molecule has 134 valence electrons. The van der Waals surface area contributed by atoms with E-state index < -0.39 is 0 Å². The molecule has 0 atom stereocenters. The molecular weight excluding hydrogens is 314 g/mol. The van der Waals surface area contributed by atoms with E-state index in [4.69, 9.17) is 5.26 Å². The summed E-state index contributed by atoms with van der Waals surface area (Å²) in [6.07, 6.45) is 6.33. The van der Waals surface area contributed by atoms with Gasteiger partial charge in [-0.15, -0.1) is 0 Å². The Hall–Kier alpha value is -1.97. The molecule has 1 aromatic heterocycles. The third-order valence-corrected chi connectivity index (χ3v) is 5.55. The van der Waals surface area contributed by atoms with E-state index in [-0.39, 0.29) is 5.91 Å². The molecule has 2 fully saturated rings. The molecule has 2 saturated heterocycles. The molecule has 3 rings (SSSR count). The predicted octanol–water partition coefficient (Wildman–Crippen LogP) is 1.49. The summed E-state index contributed by atoms with van der Waals surface area (Å²) >= 11 is 0. The first kappa shape index (κ1) is 17.8. The van der Waals surface area contributed by atoms with Crippen LogP contribution in [0.15, 0.2) is 18.3 Å². The van der Waals surface area contributed by atoms with Gasteiger partial charge in [0.1, 0.15) is 11.8 Å². The molecule has 0 bridgehead atoms. The van der Waals surface area contributed by atoms with Crippen LogP contribution in [-0.2, 0) is 0 Å². The van der Waals surface area contributed by atoms with Crippen molar-refractivity contribution in [2.75, 3.05) is 39.8 Å². The van der Waals surface area contributed by atoms with E-state index in [1.807, 2.05) is 6.07 Å². The fourth-order valence-electron chi connectivity index (χ4n) is 3.82. The second-order valence-corrected chi connectivity index (χ2v) is 7.27. The van der Waals surface area contributed by atoms with Crippen molar-refractivity contribution in [1.29, 1.82) is 5.26 Å². The Kier molecular flexibility index (Phi) is 6.00. The van der Waals surface area contributed by atoms with Crippen molar-refractivity contribution < 1.29 is 4.79 Å². The van der Waals surface area contributed by atoms with Crippen molar-refractivity contribution >= 4 is 5.91 Å². The number of aromatic nitrogens is 1. The summed E-state index contributed by atoms with van der Waals surface area (Å²) in [5.74, 6) is 0.451. The van der Waals surface area contributed by atoms with Crippen LogP contribution in [0.2, 0.25) is 0 Å². The second-order valence-electron chi connectivity index (χ2n) is 7.27. The summed E-state index contributed by atoms with van der Waals surface area (Å²) in [6, 6.07) is 5.94. The van der Waals surface area contributed by atoms with Gasteiger partial charge in [0.25, 0.3) is 5.91 Å². The van der Waals surface area contributed by atoms with Crippen molar-refractivity contribution in [3.05, 3.63) is 29.6 Å². The van der Waals surface area contributed by atoms with Gasteiger partial charge in [0.15, 0.2) is 0 Å². The highest BCUT2D eigenvalue weighted by molar-refractivity contribution is 5.93. The molecule has 6 nitrogen and oxygen atoms in total. The highest BCUT2D eigenvalue weighted by Crippen LogP contribution is 2.23. The number of nitrogens with one attached hydrogen (secondary N) is 1. The molecule has 6 heteroatoms. The number of carbonyl (C=O) groups excluding carboxylic acids is 1. The molecule has 0 saturated carbocycles. The number of pyridine rings is 1. The number of nitriles is 1. The summed E-state index contributed by atoms with van der Waals surface area (Å²) in [5, 5.41) is 11.8. The van der Waals surface area contributed by atoms with Crippen LogP contribution < -0.4 is 5.32 Å². The van der Waals surface area contributed by atoms with Crippen LogP contribution >= 0.6 is 0 Å². The Morgan fingerprint density at radius 2 is 1.96 bits per heavy atom. The van der Waals surface area contributed by atoms with Gasteiger partial charge in [0.05, 0.1) is 5.56 Å². The summed E-state index contributed by atoms with van der Waals surface area (Å²) in [7, 11) is 2.20. The number of hydrogen-bond acceptors (Lipinski definition) is 5. The van der Waals surface area contributed by atoms with Crippen LogP contribution in [0.3, 0.4) is 0 Å². The van der Waals surface area contributed by atoms with Crippen LogP contribution in [0.5, 0.6) is 0 Å². The maximum absolute atomic E-state index is 12.2. The van der Waals surface area contributed by atoms with Gasteiger partial charge < -0.3 is 15.1 Å². The molecule has 2 aliphatic heterocycles. The van der Waals surface area contributed by atoms with Crippen LogP contribution in [0, 0.1) is 17.2 Å². The van der Waals surface area contributed by atoms with Crippen molar-refractivity contribution in [2.45, 2.75) is 31.7 Å². The molecular formula is C19H27N5O. The van der Waals surface area contributed by atoms with Gasteiger partial charge >= 0.3 is 0 Å². The normalized spacial score (nSPS) is 21.0. The molecule has 0 aromatic carbocycles. The minimum Gasteiger partial charge on any atom is -0.352 e. The first-order valence-corrected chi connectivity index (χ1v) is 9.22. The summed E-state index contributed by atoms with van der Waals surface area (Å²) in [6.45, 7) is 5.43. The lowest BCUT2D eigenvalue weighted by Crippen LogP contribution is -2.47. The molecule has 1 N–H and O–H groups in total. The van der Waals surface area contributed by atoms with Gasteiger partial charge in [-0.05, 0) is 77.0 Å². The third-order valence-electron chi connectivity index (χ3n) is 5.55. The Morgan fingerprint density at radius 3 is 2.56 bits per heavy atom. The minimum absolute atomic E-state index is 0.102. The number of carbonyl (C=O) groups is 1. The average Bonchev–Trinajstić information content (AvgIpc) is 2.67. The van der Waals surface area contributed by atoms with Crippen molar-refractivity contribution in [1.82, 2.24) is 20.1 Å². The second kappa shape index (κ2) is 8.41. The summed E-state index contributed by atoms with van der Waals surface area (Å²) in [5.41, 5.74) is 0.848. The number of amides is 1. The number of nitrogens with zero attached hydrogens (tertiary/aromatic N) is 4. The first-order valence-electron chi connectivity index (χ1n) is 9.22. The first-order chi connectivity index (χ1) is 12.2. The lowest BCUT2D eigenvalue weighted by molar-refractivity contribution is 0.0813. The van der Waals surface area contributed by atoms with E-state index in [1.165, 1.54) is 32.1 Å². The molecule has 25 heavy (non-hydrogen) atoms. The number of hydrogen-bond donors (Lipinski definition) is 1. The topological polar surface area (TPSA) is 72.3 Å². The molecule has 1 aromatic rings. The maximum Gasteiger partial charge on any atom is 0.252 e. The van der Waals surface area contributed by atoms with E-state index in [0.717, 1.165) is 38.5 Å². The zero-order valence-electron chi connectivity index (χ0n) is 14.9. The molecule has 1 amide bonds. The molecule has 0 aliphatic carbocycles. The Labute approximate surface area is 149 Å². The minimum atomic E-state index is -0.102. The SMILES string of the molecule is CN1CCC(N2CCC(CNC(=O)c3ccc(C#N)nc3)CC2)CC1. The molecule has 0 spiro atoms. The van der Waals surface area contributed by atoms with Crippen molar-refractivity contribution in [3.8, 4) is 6.07 Å². The predicted molar refractivity (Wildman–Crippen MR) is 96.1 cm³/mol. The quantitative estimate of drug-likeness (QED) is 0.898. The lowest BCUT2D eigenvalue weighted by Gasteiger charge is -2.41. The number of rotatable bonds is 4. The lowest BCUT2D eigenvalue weighted by atomic mass is 9.93. The number of piperidine rings is 2. The van der Waals surface area contributed by atoms with Gasteiger partial charge in [-0.25, -0.2) is 4.98 Å². The standard InChI is InChI=1S/C19H27N5O/c1-23-8-6-18(7-9-23)24-10-4-15(5-11-24)13-22-19(25)16-2-3-17(12-20)21-14-16/h2-3,14-15,18H,4-11,13H2,1H3,(H,22,25). The highest BCUT2D eigenvalue weighted by atomic mass is 16.1. The van der Waals surface area contributed by atoms with Crippen molar-refractivity contribution in [2.24, 2.45) is 5.92 Å². The number of likely N-dealkylation sites (tertiary alicyclic amines) is 2. The van der Waals surface area contributed by atoms with E-state index in [1.54, 1.807) is 12.1 Å². The van der Waals surface area contributed by atoms with Crippen LogP contribution in [-0.4, -0.2) is 66.5 Å². The fourth-order valence-corrected chi connectivity index (χ4v) is 3.82. The molecule has 2 aliphatic rings. The van der Waals surface area contributed by atoms with Crippen LogP contribution in [0.1, 0.15) is 41.7 Å². The van der Waals surface area contributed by atoms with Gasteiger partial charge in [-0.3, -0.25) is 4.79 Å². The monoisotopic (exact) mass is 341 g/mol. The molecule has 0 unspecified atom stereocenters. The zero-order valence-corrected chi connectivity index (χ0v) is 14.9. The molecule has 3 heterocycles. The van der Waals surface area contributed by atoms with Crippen LogP contribution in [0.25, 0.3) is 0 Å². The van der Waals surface area contributed by atoms with Crippen molar-refractivity contribution in [3.63, 3.8) is 0 Å². The average molecular weight is 341 g/mol. The summed E-state index contributed by atoms with van der Waals surface area (Å²) < 4.78 is 0. The fraction of sp³-hybridized carbons (Fsp3) is 0.632.